The van der Waals surface area contributed by atoms with Gasteiger partial charge in [0.2, 0.25) is 0 Å². The molecule has 1 amide bonds. The summed E-state index contributed by atoms with van der Waals surface area (Å²) in [7, 11) is 3.80. The second kappa shape index (κ2) is 6.66. The second-order valence-corrected chi connectivity index (χ2v) is 10.0. The van der Waals surface area contributed by atoms with Gasteiger partial charge in [0.25, 0.3) is 5.56 Å². The van der Waals surface area contributed by atoms with Crippen molar-refractivity contribution in [2.24, 2.45) is 12.5 Å². The summed E-state index contributed by atoms with van der Waals surface area (Å²) in [4.78, 5) is 28.8. The molecule has 0 radical (unpaired) electrons. The van der Waals surface area contributed by atoms with Gasteiger partial charge < -0.3 is 19.1 Å². The zero-order chi connectivity index (χ0) is 21.1. The Morgan fingerprint density at radius 1 is 1.24 bits per heavy atom. The van der Waals surface area contributed by atoms with Gasteiger partial charge in [0.05, 0.1) is 10.4 Å². The van der Waals surface area contributed by atoms with Crippen LogP contribution in [0.1, 0.15) is 33.6 Å². The zero-order valence-corrected chi connectivity index (χ0v) is 18.4. The van der Waals surface area contributed by atoms with Crippen molar-refractivity contribution in [1.29, 1.82) is 0 Å². The summed E-state index contributed by atoms with van der Waals surface area (Å²) >= 11 is 6.33. The molecule has 2 heterocycles. The Kier molecular flexibility index (Phi) is 4.61. The van der Waals surface area contributed by atoms with E-state index in [0.29, 0.717) is 16.5 Å². The van der Waals surface area contributed by atoms with E-state index >= 15 is 0 Å². The number of aromatic nitrogens is 1. The summed E-state index contributed by atoms with van der Waals surface area (Å²) in [5, 5.41) is 1.93. The minimum Gasteiger partial charge on any atom is -0.444 e. The van der Waals surface area contributed by atoms with Gasteiger partial charge >= 0.3 is 6.09 Å². The normalized spacial score (nSPS) is 18.5. The molecule has 2 aliphatic rings. The topological polar surface area (TPSA) is 54.8 Å². The number of halogens is 1. The van der Waals surface area contributed by atoms with Gasteiger partial charge in [0.1, 0.15) is 5.60 Å². The molecule has 0 bridgehead atoms. The monoisotopic (exact) mass is 417 g/mol. The van der Waals surface area contributed by atoms with Crippen LogP contribution in [0.15, 0.2) is 29.2 Å². The Labute approximate surface area is 176 Å². The van der Waals surface area contributed by atoms with Gasteiger partial charge in [-0.1, -0.05) is 11.6 Å². The van der Waals surface area contributed by atoms with Crippen LogP contribution >= 0.6 is 11.6 Å². The molecule has 2 aromatic rings. The number of hydrogen-bond donors (Lipinski definition) is 0. The molecule has 1 aromatic heterocycles. The maximum atomic E-state index is 12.5. The zero-order valence-electron chi connectivity index (χ0n) is 17.7. The highest BCUT2D eigenvalue weighted by Crippen LogP contribution is 2.51. The molecule has 1 aromatic carbocycles. The standard InChI is InChI=1S/C22H28ClN3O3/c1-21(2,3)29-20(28)26-12-22(13-26)10-14(11-22)25(5)17-7-6-16(23)18-15(17)8-9-24(4)19(18)27/h6-9,14H,10-13H2,1-5H3. The first-order valence-electron chi connectivity index (χ1n) is 9.98. The van der Waals surface area contributed by atoms with Gasteiger partial charge in [-0.3, -0.25) is 4.79 Å². The number of hydrogen-bond acceptors (Lipinski definition) is 4. The molecule has 7 heteroatoms. The molecule has 1 saturated heterocycles. The number of anilines is 1. The minimum atomic E-state index is -0.463. The highest BCUT2D eigenvalue weighted by molar-refractivity contribution is 6.36. The van der Waals surface area contributed by atoms with Crippen molar-refractivity contribution in [3.8, 4) is 0 Å². The lowest BCUT2D eigenvalue weighted by atomic mass is 9.60. The van der Waals surface area contributed by atoms with Crippen molar-refractivity contribution in [2.75, 3.05) is 25.0 Å². The van der Waals surface area contributed by atoms with Crippen molar-refractivity contribution in [3.05, 3.63) is 39.8 Å². The summed E-state index contributed by atoms with van der Waals surface area (Å²) in [5.41, 5.74) is 0.674. The minimum absolute atomic E-state index is 0.0835. The third-order valence-electron chi connectivity index (χ3n) is 6.14. The SMILES string of the molecule is CN(c1ccc(Cl)c2c(=O)n(C)ccc12)C1CC2(C1)CN(C(=O)OC(C)(C)C)C2. The number of nitrogens with zero attached hydrogens (tertiary/aromatic N) is 3. The fourth-order valence-electron chi connectivity index (χ4n) is 4.59. The van der Waals surface area contributed by atoms with E-state index in [1.807, 2.05) is 32.9 Å². The second-order valence-electron chi connectivity index (χ2n) is 9.60. The fourth-order valence-corrected chi connectivity index (χ4v) is 4.84. The summed E-state index contributed by atoms with van der Waals surface area (Å²) < 4.78 is 7.01. The number of benzene rings is 1. The molecular weight excluding hydrogens is 390 g/mol. The number of fused-ring (bicyclic) bond motifs is 1. The Bertz CT molecular complexity index is 1030. The van der Waals surface area contributed by atoms with Gasteiger partial charge in [0, 0.05) is 55.9 Å². The van der Waals surface area contributed by atoms with Crippen molar-refractivity contribution in [2.45, 2.75) is 45.3 Å². The lowest BCUT2D eigenvalue weighted by Crippen LogP contribution is -2.67. The molecule has 1 spiro atoms. The first-order valence-corrected chi connectivity index (χ1v) is 10.4. The van der Waals surface area contributed by atoms with Crippen LogP contribution in [0.2, 0.25) is 5.02 Å². The number of carbonyl (C=O) groups is 1. The lowest BCUT2D eigenvalue weighted by molar-refractivity contribution is -0.0774. The van der Waals surface area contributed by atoms with Crippen molar-refractivity contribution >= 4 is 34.2 Å². The lowest BCUT2D eigenvalue weighted by Gasteiger charge is -2.60. The number of rotatable bonds is 2. The van der Waals surface area contributed by atoms with Crippen LogP contribution in [0.25, 0.3) is 10.8 Å². The summed E-state index contributed by atoms with van der Waals surface area (Å²) in [6, 6.07) is 6.13. The number of likely N-dealkylation sites (tertiary alicyclic amines) is 1. The quantitative estimate of drug-likeness (QED) is 0.740. The highest BCUT2D eigenvalue weighted by Gasteiger charge is 2.55. The Balaban J connectivity index is 1.46. The number of pyridine rings is 1. The molecule has 29 heavy (non-hydrogen) atoms. The van der Waals surface area contributed by atoms with Crippen LogP contribution in [0.5, 0.6) is 0 Å². The summed E-state index contributed by atoms with van der Waals surface area (Å²) in [5.74, 6) is 0. The molecule has 0 unspecified atom stereocenters. The van der Waals surface area contributed by atoms with Crippen molar-refractivity contribution in [3.63, 3.8) is 0 Å². The van der Waals surface area contributed by atoms with Crippen LogP contribution in [0.3, 0.4) is 0 Å². The van der Waals surface area contributed by atoms with Gasteiger partial charge in [0.15, 0.2) is 0 Å². The van der Waals surface area contributed by atoms with Gasteiger partial charge in [-0.05, 0) is 51.8 Å². The van der Waals surface area contributed by atoms with E-state index in [1.165, 1.54) is 0 Å². The maximum Gasteiger partial charge on any atom is 0.410 e. The van der Waals surface area contributed by atoms with E-state index in [4.69, 9.17) is 16.3 Å². The van der Waals surface area contributed by atoms with E-state index in [2.05, 4.69) is 11.9 Å². The highest BCUT2D eigenvalue weighted by atomic mass is 35.5. The molecule has 1 aliphatic heterocycles. The average molecular weight is 418 g/mol. The van der Waals surface area contributed by atoms with E-state index < -0.39 is 5.60 Å². The smallest absolute Gasteiger partial charge is 0.410 e. The van der Waals surface area contributed by atoms with Crippen molar-refractivity contribution < 1.29 is 9.53 Å². The first-order chi connectivity index (χ1) is 13.5. The van der Waals surface area contributed by atoms with Crippen LogP contribution in [0, 0.1) is 5.41 Å². The van der Waals surface area contributed by atoms with Gasteiger partial charge in [-0.15, -0.1) is 0 Å². The molecule has 2 fully saturated rings. The molecule has 6 nitrogen and oxygen atoms in total. The summed E-state index contributed by atoms with van der Waals surface area (Å²) in [6.07, 6.45) is 3.61. The largest absolute Gasteiger partial charge is 0.444 e. The fraction of sp³-hybridized carbons (Fsp3) is 0.545. The first kappa shape index (κ1) is 20.1. The van der Waals surface area contributed by atoms with E-state index in [0.717, 1.165) is 37.0 Å². The Morgan fingerprint density at radius 3 is 2.52 bits per heavy atom. The van der Waals surface area contributed by atoms with E-state index in [9.17, 15) is 9.59 Å². The molecule has 0 N–H and O–H groups in total. The molecule has 1 saturated carbocycles. The molecule has 0 atom stereocenters. The third-order valence-corrected chi connectivity index (χ3v) is 6.45. The van der Waals surface area contributed by atoms with Crippen LogP contribution in [0.4, 0.5) is 10.5 Å². The molecular formula is C22H28ClN3O3. The summed E-state index contributed by atoms with van der Waals surface area (Å²) in [6.45, 7) is 7.18. The van der Waals surface area contributed by atoms with E-state index in [1.54, 1.807) is 28.8 Å². The third kappa shape index (κ3) is 3.48. The molecule has 1 aliphatic carbocycles. The van der Waals surface area contributed by atoms with Gasteiger partial charge in [-0.25, -0.2) is 4.79 Å². The van der Waals surface area contributed by atoms with Crippen LogP contribution < -0.4 is 10.5 Å². The maximum absolute atomic E-state index is 12.5. The predicted octanol–water partition coefficient (Wildman–Crippen LogP) is 4.03. The Morgan fingerprint density at radius 2 is 1.90 bits per heavy atom. The van der Waals surface area contributed by atoms with Gasteiger partial charge in [-0.2, -0.15) is 0 Å². The number of carbonyl (C=O) groups excluding carboxylic acids is 1. The van der Waals surface area contributed by atoms with E-state index in [-0.39, 0.29) is 17.1 Å². The number of amides is 1. The number of ether oxygens (including phenoxy) is 1. The van der Waals surface area contributed by atoms with Crippen LogP contribution in [-0.2, 0) is 11.8 Å². The van der Waals surface area contributed by atoms with Crippen LogP contribution in [-0.4, -0.2) is 47.3 Å². The Hall–Kier alpha value is -2.21. The predicted molar refractivity (Wildman–Crippen MR) is 116 cm³/mol. The number of aryl methyl sites for hydroxylation is 1. The van der Waals surface area contributed by atoms with Crippen molar-refractivity contribution in [1.82, 2.24) is 9.47 Å². The average Bonchev–Trinajstić information content (AvgIpc) is 2.54. The molecule has 156 valence electrons. The molecule has 4 rings (SSSR count).